The SMILES string of the molecule is Nc1ccc(CNC(=O)NNC(=O)NCc2ccc(N)cc2)cc1. The minimum Gasteiger partial charge on any atom is -0.399 e. The van der Waals surface area contributed by atoms with Gasteiger partial charge in [-0.1, -0.05) is 24.3 Å². The first-order valence-electron chi connectivity index (χ1n) is 7.29. The van der Waals surface area contributed by atoms with Crippen molar-refractivity contribution in [1.29, 1.82) is 0 Å². The number of hydrogen-bond acceptors (Lipinski definition) is 4. The maximum Gasteiger partial charge on any atom is 0.333 e. The third-order valence-corrected chi connectivity index (χ3v) is 3.16. The first-order valence-corrected chi connectivity index (χ1v) is 7.29. The van der Waals surface area contributed by atoms with E-state index < -0.39 is 12.1 Å². The zero-order valence-electron chi connectivity index (χ0n) is 13.0. The summed E-state index contributed by atoms with van der Waals surface area (Å²) in [6.45, 7) is 0.641. The molecule has 0 saturated heterocycles. The van der Waals surface area contributed by atoms with Gasteiger partial charge >= 0.3 is 12.1 Å². The quantitative estimate of drug-likeness (QED) is 0.370. The zero-order chi connectivity index (χ0) is 17.4. The molecule has 0 unspecified atom stereocenters. The summed E-state index contributed by atoms with van der Waals surface area (Å²) >= 11 is 0. The van der Waals surface area contributed by atoms with Gasteiger partial charge in [-0.3, -0.25) is 0 Å². The van der Waals surface area contributed by atoms with E-state index in [4.69, 9.17) is 11.5 Å². The Morgan fingerprint density at radius 3 is 1.33 bits per heavy atom. The monoisotopic (exact) mass is 328 g/mol. The predicted molar refractivity (Wildman–Crippen MR) is 92.5 cm³/mol. The molecule has 8 nitrogen and oxygen atoms in total. The van der Waals surface area contributed by atoms with Crippen molar-refractivity contribution < 1.29 is 9.59 Å². The fourth-order valence-electron chi connectivity index (χ4n) is 1.84. The molecule has 0 radical (unpaired) electrons. The molecule has 0 aliphatic rings. The van der Waals surface area contributed by atoms with Gasteiger partial charge in [0.1, 0.15) is 0 Å². The van der Waals surface area contributed by atoms with Gasteiger partial charge in [-0.05, 0) is 35.4 Å². The largest absolute Gasteiger partial charge is 0.399 e. The van der Waals surface area contributed by atoms with Crippen LogP contribution in [0.25, 0.3) is 0 Å². The molecule has 0 fully saturated rings. The van der Waals surface area contributed by atoms with Crippen molar-refractivity contribution in [3.05, 3.63) is 59.7 Å². The molecule has 2 rings (SSSR count). The minimum absolute atomic E-state index is 0.320. The summed E-state index contributed by atoms with van der Waals surface area (Å²) in [6.07, 6.45) is 0. The number of hydrazine groups is 1. The van der Waals surface area contributed by atoms with Crippen molar-refractivity contribution in [2.75, 3.05) is 11.5 Å². The number of nitrogens with one attached hydrogen (secondary N) is 4. The van der Waals surface area contributed by atoms with Crippen molar-refractivity contribution in [1.82, 2.24) is 21.5 Å². The highest BCUT2D eigenvalue weighted by molar-refractivity contribution is 5.79. The number of nitrogen functional groups attached to an aromatic ring is 2. The van der Waals surface area contributed by atoms with Gasteiger partial charge in [0, 0.05) is 24.5 Å². The van der Waals surface area contributed by atoms with Gasteiger partial charge in [0.05, 0.1) is 0 Å². The standard InChI is InChI=1S/C16H20N6O2/c17-13-5-1-11(2-6-13)9-19-15(23)21-22-16(24)20-10-12-3-7-14(18)8-4-12/h1-8H,9-10,17-18H2,(H2,19,21,23)(H2,20,22,24). The zero-order valence-corrected chi connectivity index (χ0v) is 13.0. The summed E-state index contributed by atoms with van der Waals surface area (Å²) in [5.74, 6) is 0. The van der Waals surface area contributed by atoms with E-state index in [-0.39, 0.29) is 0 Å². The van der Waals surface area contributed by atoms with Crippen LogP contribution in [0.5, 0.6) is 0 Å². The Labute approximate surface area is 139 Å². The van der Waals surface area contributed by atoms with Gasteiger partial charge in [0.25, 0.3) is 0 Å². The molecule has 0 spiro atoms. The molecule has 0 bridgehead atoms. The normalized spacial score (nSPS) is 9.83. The van der Waals surface area contributed by atoms with Crippen LogP contribution in [0.15, 0.2) is 48.5 Å². The highest BCUT2D eigenvalue weighted by Gasteiger charge is 2.04. The lowest BCUT2D eigenvalue weighted by atomic mass is 10.2. The van der Waals surface area contributed by atoms with Gasteiger partial charge in [-0.2, -0.15) is 0 Å². The van der Waals surface area contributed by atoms with Crippen LogP contribution in [0.1, 0.15) is 11.1 Å². The second-order valence-electron chi connectivity index (χ2n) is 5.10. The summed E-state index contributed by atoms with van der Waals surface area (Å²) in [4.78, 5) is 23.2. The van der Waals surface area contributed by atoms with Crippen molar-refractivity contribution in [3.8, 4) is 0 Å². The van der Waals surface area contributed by atoms with Crippen LogP contribution in [0.4, 0.5) is 21.0 Å². The van der Waals surface area contributed by atoms with Crippen LogP contribution in [0.2, 0.25) is 0 Å². The highest BCUT2D eigenvalue weighted by Crippen LogP contribution is 2.05. The summed E-state index contributed by atoms with van der Waals surface area (Å²) in [7, 11) is 0. The summed E-state index contributed by atoms with van der Waals surface area (Å²) < 4.78 is 0. The molecular weight excluding hydrogens is 308 g/mol. The topological polar surface area (TPSA) is 134 Å². The lowest BCUT2D eigenvalue weighted by Gasteiger charge is -2.10. The third kappa shape index (κ3) is 5.76. The molecule has 2 aromatic rings. The van der Waals surface area contributed by atoms with E-state index in [2.05, 4.69) is 21.5 Å². The maximum absolute atomic E-state index is 11.6. The van der Waals surface area contributed by atoms with Crippen molar-refractivity contribution in [2.45, 2.75) is 13.1 Å². The molecule has 8 heteroatoms. The molecule has 0 aliphatic carbocycles. The Hall–Kier alpha value is -3.42. The molecule has 2 aromatic carbocycles. The van der Waals surface area contributed by atoms with Crippen LogP contribution in [-0.2, 0) is 13.1 Å². The van der Waals surface area contributed by atoms with Crippen LogP contribution in [-0.4, -0.2) is 12.1 Å². The number of anilines is 2. The third-order valence-electron chi connectivity index (χ3n) is 3.16. The molecule has 4 amide bonds. The first-order chi connectivity index (χ1) is 11.5. The van der Waals surface area contributed by atoms with Crippen molar-refractivity contribution in [2.24, 2.45) is 0 Å². The van der Waals surface area contributed by atoms with Crippen molar-refractivity contribution >= 4 is 23.4 Å². The average molecular weight is 328 g/mol. The number of nitrogens with two attached hydrogens (primary N) is 2. The number of benzene rings is 2. The molecule has 0 heterocycles. The van der Waals surface area contributed by atoms with Gasteiger partial charge in [0.2, 0.25) is 0 Å². The van der Waals surface area contributed by atoms with E-state index in [1.807, 2.05) is 24.3 Å². The molecule has 126 valence electrons. The van der Waals surface area contributed by atoms with Gasteiger partial charge in [-0.15, -0.1) is 0 Å². The summed E-state index contributed by atoms with van der Waals surface area (Å²) in [5, 5.41) is 5.21. The Morgan fingerprint density at radius 1 is 0.667 bits per heavy atom. The molecule has 0 aromatic heterocycles. The number of carbonyl (C=O) groups is 2. The number of carbonyl (C=O) groups excluding carboxylic acids is 2. The van der Waals surface area contributed by atoms with E-state index in [1.165, 1.54) is 0 Å². The van der Waals surface area contributed by atoms with E-state index >= 15 is 0 Å². The van der Waals surface area contributed by atoms with E-state index in [0.29, 0.717) is 24.5 Å². The Bertz CT molecular complexity index is 623. The van der Waals surface area contributed by atoms with E-state index in [1.54, 1.807) is 24.3 Å². The Morgan fingerprint density at radius 2 is 1.00 bits per heavy atom. The number of rotatable bonds is 4. The fraction of sp³-hybridized carbons (Fsp3) is 0.125. The number of hydrogen-bond donors (Lipinski definition) is 6. The van der Waals surface area contributed by atoms with Crippen LogP contribution in [0.3, 0.4) is 0 Å². The molecule has 24 heavy (non-hydrogen) atoms. The number of amides is 4. The summed E-state index contributed by atoms with van der Waals surface area (Å²) in [5.41, 5.74) is 18.8. The van der Waals surface area contributed by atoms with Crippen LogP contribution in [0, 0.1) is 0 Å². The lowest BCUT2D eigenvalue weighted by molar-refractivity contribution is 0.224. The maximum atomic E-state index is 11.6. The van der Waals surface area contributed by atoms with Gasteiger partial charge in [-0.25, -0.2) is 20.4 Å². The Balaban J connectivity index is 1.64. The fourth-order valence-corrected chi connectivity index (χ4v) is 1.84. The van der Waals surface area contributed by atoms with Gasteiger partial charge in [0.15, 0.2) is 0 Å². The van der Waals surface area contributed by atoms with Crippen molar-refractivity contribution in [3.63, 3.8) is 0 Å². The first kappa shape index (κ1) is 16.9. The minimum atomic E-state index is -0.519. The molecule has 0 saturated carbocycles. The lowest BCUT2D eigenvalue weighted by Crippen LogP contribution is -2.50. The average Bonchev–Trinajstić information content (AvgIpc) is 2.59. The van der Waals surface area contributed by atoms with Crippen LogP contribution < -0.4 is 33.0 Å². The highest BCUT2D eigenvalue weighted by atomic mass is 16.2. The second kappa shape index (κ2) is 8.28. The Kier molecular flexibility index (Phi) is 5.84. The molecule has 0 aliphatic heterocycles. The smallest absolute Gasteiger partial charge is 0.333 e. The molecular formula is C16H20N6O2. The second-order valence-corrected chi connectivity index (χ2v) is 5.10. The van der Waals surface area contributed by atoms with E-state index in [9.17, 15) is 9.59 Å². The van der Waals surface area contributed by atoms with Crippen LogP contribution >= 0.6 is 0 Å². The summed E-state index contributed by atoms with van der Waals surface area (Å²) in [6, 6.07) is 13.2. The van der Waals surface area contributed by atoms with Gasteiger partial charge < -0.3 is 22.1 Å². The predicted octanol–water partition coefficient (Wildman–Crippen LogP) is 1.06. The molecule has 8 N–H and O–H groups in total. The number of urea groups is 2. The van der Waals surface area contributed by atoms with E-state index in [0.717, 1.165) is 11.1 Å². The molecule has 0 atom stereocenters.